The summed E-state index contributed by atoms with van der Waals surface area (Å²) < 4.78 is 2.34. The van der Waals surface area contributed by atoms with Crippen LogP contribution in [-0.2, 0) is 13.5 Å². The van der Waals surface area contributed by atoms with Gasteiger partial charge in [0.1, 0.15) is 7.05 Å². The molecule has 0 atom stereocenters. The lowest BCUT2D eigenvalue weighted by molar-refractivity contribution is -0.659. The standard InChI is InChI=1S/C29H32NS/c1-17(2)20-14-19-12-13-30(7)27-25-18(3)21-10-8-9-11-22(21)23(16-29(4,5)6)28(25)31-24(15-20)26(19)27/h8-15,17H,16H2,1-7H3/q+1. The van der Waals surface area contributed by atoms with Crippen LogP contribution < -0.4 is 4.57 Å². The van der Waals surface area contributed by atoms with E-state index >= 15 is 0 Å². The van der Waals surface area contributed by atoms with E-state index in [9.17, 15) is 0 Å². The quantitative estimate of drug-likeness (QED) is 0.259. The van der Waals surface area contributed by atoms with Crippen molar-refractivity contribution in [1.29, 1.82) is 0 Å². The zero-order valence-electron chi connectivity index (χ0n) is 19.8. The summed E-state index contributed by atoms with van der Waals surface area (Å²) in [6, 6.07) is 16.1. The highest BCUT2D eigenvalue weighted by atomic mass is 32.2. The first-order chi connectivity index (χ1) is 14.7. The molecule has 0 amide bonds. The van der Waals surface area contributed by atoms with Crippen molar-refractivity contribution < 1.29 is 4.57 Å². The molecule has 1 nitrogen and oxygen atoms in total. The molecule has 0 spiro atoms. The number of benzene rings is 3. The number of aryl methyl sites for hydroxylation is 2. The van der Waals surface area contributed by atoms with Gasteiger partial charge in [0.2, 0.25) is 5.69 Å². The van der Waals surface area contributed by atoms with E-state index in [4.69, 9.17) is 0 Å². The molecule has 0 bridgehead atoms. The average Bonchev–Trinajstić information content (AvgIpc) is 2.72. The Balaban J connectivity index is 1.95. The van der Waals surface area contributed by atoms with Gasteiger partial charge < -0.3 is 0 Å². The van der Waals surface area contributed by atoms with Crippen molar-refractivity contribution in [2.24, 2.45) is 12.5 Å². The number of fused-ring (bicyclic) bond motifs is 3. The van der Waals surface area contributed by atoms with Gasteiger partial charge >= 0.3 is 0 Å². The first kappa shape index (κ1) is 20.6. The molecule has 158 valence electrons. The third-order valence-corrected chi connectivity index (χ3v) is 7.77. The van der Waals surface area contributed by atoms with Gasteiger partial charge in [0.25, 0.3) is 0 Å². The molecule has 0 N–H and O–H groups in total. The maximum absolute atomic E-state index is 2.44. The number of pyridine rings is 1. The molecule has 0 unspecified atom stereocenters. The van der Waals surface area contributed by atoms with Gasteiger partial charge in [0, 0.05) is 15.9 Å². The molecule has 0 saturated heterocycles. The number of rotatable bonds is 2. The fraction of sp³-hybridized carbons (Fsp3) is 0.345. The highest BCUT2D eigenvalue weighted by molar-refractivity contribution is 7.99. The van der Waals surface area contributed by atoms with Crippen LogP contribution in [0.2, 0.25) is 0 Å². The summed E-state index contributed by atoms with van der Waals surface area (Å²) >= 11 is 2.00. The first-order valence-electron chi connectivity index (χ1n) is 11.3. The van der Waals surface area contributed by atoms with E-state index in [0.717, 1.165) is 6.42 Å². The van der Waals surface area contributed by atoms with E-state index in [1.807, 2.05) is 11.8 Å². The fourth-order valence-electron chi connectivity index (χ4n) is 5.07. The van der Waals surface area contributed by atoms with Gasteiger partial charge in [-0.2, -0.15) is 0 Å². The van der Waals surface area contributed by atoms with E-state index in [-0.39, 0.29) is 5.41 Å². The van der Waals surface area contributed by atoms with Gasteiger partial charge in [0.15, 0.2) is 6.20 Å². The lowest BCUT2D eigenvalue weighted by Crippen LogP contribution is -2.32. The lowest BCUT2D eigenvalue weighted by atomic mass is 9.83. The molecule has 31 heavy (non-hydrogen) atoms. The van der Waals surface area contributed by atoms with E-state index in [1.165, 1.54) is 59.3 Å². The number of hydrogen-bond acceptors (Lipinski definition) is 1. The zero-order valence-corrected chi connectivity index (χ0v) is 20.6. The normalized spacial score (nSPS) is 13.3. The Labute approximate surface area is 190 Å². The van der Waals surface area contributed by atoms with Crippen molar-refractivity contribution in [3.05, 3.63) is 65.4 Å². The molecule has 0 fully saturated rings. The molecule has 1 aromatic heterocycles. The second-order valence-electron chi connectivity index (χ2n) is 10.6. The van der Waals surface area contributed by atoms with Gasteiger partial charge in [-0.1, -0.05) is 76.7 Å². The molecule has 0 radical (unpaired) electrons. The van der Waals surface area contributed by atoms with Crippen LogP contribution in [0.25, 0.3) is 32.8 Å². The molecule has 0 saturated carbocycles. The van der Waals surface area contributed by atoms with Gasteiger partial charge in [-0.3, -0.25) is 0 Å². The summed E-state index contributed by atoms with van der Waals surface area (Å²) in [5.41, 5.74) is 7.35. The molecular formula is C29H32NS+. The second-order valence-corrected chi connectivity index (χ2v) is 11.7. The molecule has 1 aliphatic rings. The summed E-state index contributed by atoms with van der Waals surface area (Å²) in [4.78, 5) is 2.87. The Bertz CT molecular complexity index is 1360. The zero-order chi connectivity index (χ0) is 22.1. The fourth-order valence-corrected chi connectivity index (χ4v) is 6.46. The molecule has 4 aromatic rings. The minimum Gasteiger partial charge on any atom is -0.200 e. The molecule has 2 heterocycles. The smallest absolute Gasteiger partial charge is 0.200 e. The van der Waals surface area contributed by atoms with Crippen LogP contribution in [0.3, 0.4) is 0 Å². The van der Waals surface area contributed by atoms with Crippen molar-refractivity contribution in [3.8, 4) is 11.3 Å². The highest BCUT2D eigenvalue weighted by Gasteiger charge is 2.32. The third-order valence-electron chi connectivity index (χ3n) is 6.58. The Morgan fingerprint density at radius 2 is 1.71 bits per heavy atom. The Morgan fingerprint density at radius 1 is 1.00 bits per heavy atom. The van der Waals surface area contributed by atoms with Crippen LogP contribution in [0.4, 0.5) is 0 Å². The summed E-state index contributed by atoms with van der Waals surface area (Å²) in [6.45, 7) is 14.0. The van der Waals surface area contributed by atoms with Gasteiger partial charge in [-0.15, -0.1) is 0 Å². The Morgan fingerprint density at radius 3 is 2.39 bits per heavy atom. The van der Waals surface area contributed by atoms with Crippen molar-refractivity contribution in [2.75, 3.05) is 0 Å². The Kier molecular flexibility index (Phi) is 4.71. The number of nitrogens with zero attached hydrogens (tertiary/aromatic N) is 1. The molecule has 2 heteroatoms. The highest BCUT2D eigenvalue weighted by Crippen LogP contribution is 2.52. The maximum Gasteiger partial charge on any atom is 0.222 e. The minimum absolute atomic E-state index is 0.223. The summed E-state index contributed by atoms with van der Waals surface area (Å²) in [6.07, 6.45) is 3.31. The molecular weight excluding hydrogens is 394 g/mol. The Hall–Kier alpha value is -2.32. The van der Waals surface area contributed by atoms with E-state index in [1.54, 1.807) is 0 Å². The van der Waals surface area contributed by atoms with Crippen LogP contribution in [0.5, 0.6) is 0 Å². The van der Waals surface area contributed by atoms with Crippen LogP contribution in [0, 0.1) is 12.3 Å². The van der Waals surface area contributed by atoms with Crippen LogP contribution >= 0.6 is 11.8 Å². The second kappa shape index (κ2) is 7.10. The van der Waals surface area contributed by atoms with Gasteiger partial charge in [-0.25, -0.2) is 4.57 Å². The van der Waals surface area contributed by atoms with Gasteiger partial charge in [0.05, 0.1) is 10.9 Å². The van der Waals surface area contributed by atoms with E-state index in [2.05, 4.69) is 102 Å². The van der Waals surface area contributed by atoms with Crippen molar-refractivity contribution in [3.63, 3.8) is 0 Å². The molecule has 5 rings (SSSR count). The van der Waals surface area contributed by atoms with Crippen LogP contribution in [0.1, 0.15) is 57.2 Å². The predicted molar refractivity (Wildman–Crippen MR) is 134 cm³/mol. The van der Waals surface area contributed by atoms with Crippen molar-refractivity contribution in [1.82, 2.24) is 0 Å². The van der Waals surface area contributed by atoms with Crippen LogP contribution in [-0.4, -0.2) is 0 Å². The minimum atomic E-state index is 0.223. The molecule has 0 aliphatic carbocycles. The summed E-state index contributed by atoms with van der Waals surface area (Å²) in [5.74, 6) is 0.521. The van der Waals surface area contributed by atoms with E-state index < -0.39 is 0 Å². The average molecular weight is 427 g/mol. The SMILES string of the molecule is Cc1c2c(c(CC(C)(C)C)c3ccccc13)Sc1cc(C(C)C)cc3cc[n+](C)c-2c13. The predicted octanol–water partition coefficient (Wildman–Crippen LogP) is 7.97. The van der Waals surface area contributed by atoms with Crippen molar-refractivity contribution in [2.45, 2.75) is 63.7 Å². The number of hydrogen-bond donors (Lipinski definition) is 0. The lowest BCUT2D eigenvalue weighted by Gasteiger charge is -2.28. The third kappa shape index (κ3) is 3.27. The van der Waals surface area contributed by atoms with Crippen molar-refractivity contribution >= 4 is 33.3 Å². The summed E-state index contributed by atoms with van der Waals surface area (Å²) in [7, 11) is 2.20. The number of aromatic nitrogens is 1. The topological polar surface area (TPSA) is 3.88 Å². The maximum atomic E-state index is 2.44. The summed E-state index contributed by atoms with van der Waals surface area (Å²) in [5, 5.41) is 5.57. The van der Waals surface area contributed by atoms with Gasteiger partial charge in [-0.05, 0) is 63.6 Å². The van der Waals surface area contributed by atoms with E-state index in [0.29, 0.717) is 5.92 Å². The molecule has 1 aliphatic heterocycles. The molecule has 3 aromatic carbocycles. The first-order valence-corrected chi connectivity index (χ1v) is 12.2. The monoisotopic (exact) mass is 426 g/mol. The van der Waals surface area contributed by atoms with Crippen LogP contribution in [0.15, 0.2) is 58.5 Å². The largest absolute Gasteiger partial charge is 0.222 e.